The van der Waals surface area contributed by atoms with Crippen LogP contribution in [0.15, 0.2) is 30.5 Å². The Labute approximate surface area is 234 Å². The molecule has 2 atom stereocenters. The number of rotatable bonds is 6. The second-order valence-corrected chi connectivity index (χ2v) is 10.6. The molecule has 8 N–H and O–H groups in total. The fourth-order valence-electron chi connectivity index (χ4n) is 5.42. The van der Waals surface area contributed by atoms with E-state index in [1.54, 1.807) is 47.2 Å². The zero-order valence-electron chi connectivity index (χ0n) is 23.2. The summed E-state index contributed by atoms with van der Waals surface area (Å²) in [5.74, 6) is 0.0336. The molecule has 0 aliphatic carbocycles. The number of nitrogens with zero attached hydrogens (tertiary/aromatic N) is 3. The number of carboxylic acids is 1. The highest BCUT2D eigenvalue weighted by Gasteiger charge is 2.31. The van der Waals surface area contributed by atoms with Crippen LogP contribution < -0.4 is 22.5 Å². The zero-order valence-corrected chi connectivity index (χ0v) is 23.2. The number of nitrogen functional groups attached to an aromatic ring is 1. The molecule has 0 unspecified atom stereocenters. The van der Waals surface area contributed by atoms with Crippen LogP contribution in [-0.4, -0.2) is 76.0 Å². The molecule has 1 aromatic carbocycles. The Hall–Kier alpha value is -4.09. The van der Waals surface area contributed by atoms with Crippen LogP contribution in [0.2, 0.25) is 0 Å². The van der Waals surface area contributed by atoms with Crippen molar-refractivity contribution in [2.45, 2.75) is 52.0 Å². The average molecular weight is 556 g/mol. The summed E-state index contributed by atoms with van der Waals surface area (Å²) in [6.45, 7) is 6.77. The lowest BCUT2D eigenvalue weighted by Gasteiger charge is -2.39. The van der Waals surface area contributed by atoms with Crippen molar-refractivity contribution in [3.8, 4) is 0 Å². The molecule has 40 heavy (non-hydrogen) atoms. The van der Waals surface area contributed by atoms with E-state index in [4.69, 9.17) is 17.2 Å². The van der Waals surface area contributed by atoms with Crippen molar-refractivity contribution in [2.24, 2.45) is 29.2 Å². The van der Waals surface area contributed by atoms with E-state index in [1.165, 1.54) is 0 Å². The summed E-state index contributed by atoms with van der Waals surface area (Å²) in [5, 5.41) is 13.4. The fraction of sp³-hybridized carbons (Fsp3) is 0.536. The van der Waals surface area contributed by atoms with Crippen LogP contribution in [0.4, 0.5) is 15.4 Å². The number of carbonyl (C=O) groups is 4. The highest BCUT2D eigenvalue weighted by atomic mass is 16.4. The Balaban J connectivity index is 0.000000225. The number of hydrogen-bond acceptors (Lipinski definition) is 6. The predicted molar refractivity (Wildman–Crippen MR) is 152 cm³/mol. The van der Waals surface area contributed by atoms with Crippen LogP contribution in [0.3, 0.4) is 0 Å². The van der Waals surface area contributed by atoms with Gasteiger partial charge in [0, 0.05) is 43.3 Å². The Kier molecular flexibility index (Phi) is 10.5. The van der Waals surface area contributed by atoms with Crippen molar-refractivity contribution in [3.63, 3.8) is 0 Å². The molecule has 218 valence electrons. The number of carboxylic acid groups (broad SMARTS) is 1. The molecule has 2 aromatic rings. The van der Waals surface area contributed by atoms with Gasteiger partial charge >= 0.3 is 18.0 Å². The molecule has 2 aliphatic heterocycles. The number of fused-ring (bicyclic) bond motifs is 1. The maximum absolute atomic E-state index is 12.3. The normalized spacial score (nSPS) is 17.9. The van der Waals surface area contributed by atoms with E-state index in [-0.39, 0.29) is 18.0 Å². The first-order valence-corrected chi connectivity index (χ1v) is 13.8. The molecule has 2 aliphatic rings. The summed E-state index contributed by atoms with van der Waals surface area (Å²) in [5.41, 5.74) is 16.7. The number of pyridine rings is 1. The number of nitrogens with one attached hydrogen (secondary N) is 1. The molecule has 4 rings (SSSR count). The number of nitrogens with two attached hydrogens (primary N) is 3. The maximum atomic E-state index is 12.3. The first-order valence-electron chi connectivity index (χ1n) is 13.8. The molecule has 12 heteroatoms. The number of likely N-dealkylation sites (tertiary alicyclic amines) is 2. The Morgan fingerprint density at radius 2 is 1.50 bits per heavy atom. The van der Waals surface area contributed by atoms with E-state index in [2.05, 4.69) is 10.3 Å². The average Bonchev–Trinajstić information content (AvgIpc) is 2.95. The summed E-state index contributed by atoms with van der Waals surface area (Å²) in [7, 11) is 0. The van der Waals surface area contributed by atoms with Gasteiger partial charge in [-0.05, 0) is 67.0 Å². The number of hydrogen-bond donors (Lipinski definition) is 5. The molecular weight excluding hydrogens is 514 g/mol. The highest BCUT2D eigenvalue weighted by Crippen LogP contribution is 2.32. The third-order valence-corrected chi connectivity index (χ3v) is 8.19. The maximum Gasteiger partial charge on any atom is 0.326 e. The lowest BCUT2D eigenvalue weighted by molar-refractivity contribution is -0.140. The summed E-state index contributed by atoms with van der Waals surface area (Å²) in [4.78, 5) is 53.1. The fourth-order valence-corrected chi connectivity index (χ4v) is 5.42. The molecule has 2 fully saturated rings. The summed E-state index contributed by atoms with van der Waals surface area (Å²) in [6, 6.07) is 5.30. The number of carbonyl (C=O) groups excluding carboxylic acids is 3. The van der Waals surface area contributed by atoms with Crippen molar-refractivity contribution in [1.82, 2.24) is 20.1 Å². The topological polar surface area (TPSA) is 198 Å². The minimum atomic E-state index is -1.04. The predicted octanol–water partition coefficient (Wildman–Crippen LogP) is 2.61. The number of anilines is 1. The Morgan fingerprint density at radius 1 is 0.975 bits per heavy atom. The van der Waals surface area contributed by atoms with Crippen molar-refractivity contribution < 1.29 is 24.3 Å². The van der Waals surface area contributed by atoms with Gasteiger partial charge in [0.15, 0.2) is 0 Å². The van der Waals surface area contributed by atoms with Gasteiger partial charge in [-0.15, -0.1) is 0 Å². The molecule has 0 saturated carbocycles. The summed E-state index contributed by atoms with van der Waals surface area (Å²) in [6.07, 6.45) is 6.38. The van der Waals surface area contributed by atoms with E-state index in [0.717, 1.165) is 57.2 Å². The van der Waals surface area contributed by atoms with Crippen LogP contribution in [0.25, 0.3) is 10.8 Å². The van der Waals surface area contributed by atoms with Crippen molar-refractivity contribution >= 4 is 40.5 Å². The van der Waals surface area contributed by atoms with Gasteiger partial charge in [-0.1, -0.05) is 26.3 Å². The molecule has 0 spiro atoms. The number of primary amides is 2. The smallest absolute Gasteiger partial charge is 0.326 e. The Bertz CT molecular complexity index is 1170. The lowest BCUT2D eigenvalue weighted by Crippen LogP contribution is -2.46. The van der Waals surface area contributed by atoms with E-state index in [9.17, 15) is 24.3 Å². The summed E-state index contributed by atoms with van der Waals surface area (Å²) >= 11 is 0. The second kappa shape index (κ2) is 13.8. The van der Waals surface area contributed by atoms with Gasteiger partial charge in [0.1, 0.15) is 11.9 Å². The zero-order chi connectivity index (χ0) is 29.4. The van der Waals surface area contributed by atoms with Crippen molar-refractivity contribution in [3.05, 3.63) is 36.0 Å². The Morgan fingerprint density at radius 3 is 1.95 bits per heavy atom. The minimum Gasteiger partial charge on any atom is -0.480 e. The van der Waals surface area contributed by atoms with Gasteiger partial charge < -0.3 is 37.4 Å². The van der Waals surface area contributed by atoms with Crippen molar-refractivity contribution in [1.29, 1.82) is 0 Å². The third kappa shape index (κ3) is 7.73. The monoisotopic (exact) mass is 555 g/mol. The molecule has 0 radical (unpaired) electrons. The van der Waals surface area contributed by atoms with Crippen LogP contribution in [0.1, 0.15) is 56.3 Å². The SMILES string of the molecule is CC[C@@H](C)[C@@H](NC(=O)c1ccc2ccnc(N)c2c1)C(=O)O.NC(=O)N1CCC(C2CCN(C(N)=O)CC2)CC1. The standard InChI is InChI=1S/C16H19N3O3.C12H22N4O2/c1-3-9(2)13(16(21)22)19-15(20)11-5-4-10-6-7-18-14(17)12(10)8-11;13-11(17)15-5-1-9(2-6-15)10-3-7-16(8-4-10)12(14)18/h4-9,13H,3H2,1-2H3,(H2,17,18)(H,19,20)(H,21,22);9-10H,1-8H2,(H2,13,17)(H2,14,18)/t9-,13-;/m1./s1. The number of amides is 5. The number of aromatic nitrogens is 1. The van der Waals surface area contributed by atoms with Gasteiger partial charge in [0.05, 0.1) is 0 Å². The quantitative estimate of drug-likeness (QED) is 0.361. The number of piperidine rings is 2. The molecule has 1 aromatic heterocycles. The largest absolute Gasteiger partial charge is 0.480 e. The number of urea groups is 2. The number of aliphatic carboxylic acids is 1. The molecule has 3 heterocycles. The minimum absolute atomic E-state index is 0.159. The first kappa shape index (κ1) is 30.5. The van der Waals surface area contributed by atoms with E-state index >= 15 is 0 Å². The van der Waals surface area contributed by atoms with Crippen molar-refractivity contribution in [2.75, 3.05) is 31.9 Å². The third-order valence-electron chi connectivity index (χ3n) is 8.19. The van der Waals surface area contributed by atoms with Crippen LogP contribution in [0, 0.1) is 17.8 Å². The summed E-state index contributed by atoms with van der Waals surface area (Å²) < 4.78 is 0. The van der Waals surface area contributed by atoms with Gasteiger partial charge in [-0.2, -0.15) is 0 Å². The second-order valence-electron chi connectivity index (χ2n) is 10.6. The lowest BCUT2D eigenvalue weighted by atomic mass is 9.79. The van der Waals surface area contributed by atoms with E-state index in [1.807, 2.05) is 6.92 Å². The molecule has 12 nitrogen and oxygen atoms in total. The first-order chi connectivity index (χ1) is 19.0. The number of benzene rings is 1. The molecule has 0 bridgehead atoms. The van der Waals surface area contributed by atoms with Gasteiger partial charge in [-0.3, -0.25) is 4.79 Å². The molecule has 2 saturated heterocycles. The van der Waals surface area contributed by atoms with E-state index < -0.39 is 17.9 Å². The van der Waals surface area contributed by atoms with Crippen LogP contribution in [0.5, 0.6) is 0 Å². The highest BCUT2D eigenvalue weighted by molar-refractivity contribution is 6.02. The van der Waals surface area contributed by atoms with Crippen LogP contribution >= 0.6 is 0 Å². The molecule has 5 amide bonds. The van der Waals surface area contributed by atoms with Gasteiger partial charge in [0.25, 0.3) is 5.91 Å². The van der Waals surface area contributed by atoms with Gasteiger partial charge in [-0.25, -0.2) is 19.4 Å². The van der Waals surface area contributed by atoms with Gasteiger partial charge in [0.2, 0.25) is 0 Å². The van der Waals surface area contributed by atoms with Crippen LogP contribution in [-0.2, 0) is 4.79 Å². The molecular formula is C28H41N7O5. The van der Waals surface area contributed by atoms with E-state index in [0.29, 0.717) is 35.0 Å².